The predicted octanol–water partition coefficient (Wildman–Crippen LogP) is 0.357. The lowest BCUT2D eigenvalue weighted by molar-refractivity contribution is 0.153. The largest absolute Gasteiger partial charge is 0.328 e. The van der Waals surface area contributed by atoms with Crippen LogP contribution in [-0.4, -0.2) is 86.0 Å². The molecular formula is C11H22N4O2. The molecule has 0 unspecified atom stereocenters. The number of hydrogen-bond acceptors (Lipinski definition) is 2. The van der Waals surface area contributed by atoms with Crippen molar-refractivity contribution in [2.75, 3.05) is 54.4 Å². The maximum Gasteiger partial charge on any atom is 0.319 e. The van der Waals surface area contributed by atoms with Crippen molar-refractivity contribution in [1.82, 2.24) is 19.6 Å². The van der Waals surface area contributed by atoms with Gasteiger partial charge in [-0.1, -0.05) is 0 Å². The third kappa shape index (κ3) is 3.51. The molecule has 98 valence electrons. The predicted molar refractivity (Wildman–Crippen MR) is 65.9 cm³/mol. The van der Waals surface area contributed by atoms with Gasteiger partial charge in [-0.05, 0) is 6.42 Å². The van der Waals surface area contributed by atoms with Gasteiger partial charge in [0.1, 0.15) is 0 Å². The number of carbonyl (C=O) groups excluding carboxylic acids is 2. The molecule has 2 saturated heterocycles. The second-order valence-electron chi connectivity index (χ2n) is 4.60. The Hall–Kier alpha value is -1.46. The van der Waals surface area contributed by atoms with Gasteiger partial charge in [0.2, 0.25) is 0 Å². The fourth-order valence-electron chi connectivity index (χ4n) is 1.81. The summed E-state index contributed by atoms with van der Waals surface area (Å²) in [6, 6.07) is 0.270. The molecule has 0 aromatic heterocycles. The molecule has 6 heteroatoms. The highest BCUT2D eigenvalue weighted by atomic mass is 16.2. The Morgan fingerprint density at radius 1 is 0.647 bits per heavy atom. The van der Waals surface area contributed by atoms with Gasteiger partial charge in [0.25, 0.3) is 0 Å². The van der Waals surface area contributed by atoms with E-state index < -0.39 is 0 Å². The van der Waals surface area contributed by atoms with Gasteiger partial charge in [-0.25, -0.2) is 9.59 Å². The zero-order valence-corrected chi connectivity index (χ0v) is 11.1. The molecule has 4 amide bonds. The Bertz CT molecular complexity index is 271. The minimum Gasteiger partial charge on any atom is -0.328 e. The lowest BCUT2D eigenvalue weighted by Gasteiger charge is -2.30. The molecule has 0 radical (unpaired) electrons. The molecule has 0 saturated carbocycles. The quantitative estimate of drug-likeness (QED) is 0.615. The van der Waals surface area contributed by atoms with E-state index in [1.807, 2.05) is 28.2 Å². The molecular weight excluding hydrogens is 220 g/mol. The molecule has 0 aliphatic carbocycles. The first-order chi connectivity index (χ1) is 7.93. The average Bonchev–Trinajstić information content (AvgIpc) is 2.58. The first kappa shape index (κ1) is 13.6. The van der Waals surface area contributed by atoms with Crippen LogP contribution >= 0.6 is 0 Å². The first-order valence-corrected chi connectivity index (χ1v) is 5.86. The summed E-state index contributed by atoms with van der Waals surface area (Å²) in [4.78, 5) is 28.6. The number of likely N-dealkylation sites (N-methyl/N-ethyl adjacent to an activating group) is 2. The van der Waals surface area contributed by atoms with E-state index in [1.165, 1.54) is 0 Å². The monoisotopic (exact) mass is 242 g/mol. The van der Waals surface area contributed by atoms with Crippen molar-refractivity contribution in [2.45, 2.75) is 6.42 Å². The Morgan fingerprint density at radius 3 is 1.18 bits per heavy atom. The van der Waals surface area contributed by atoms with Crippen LogP contribution in [0.1, 0.15) is 6.42 Å². The fraction of sp³-hybridized carbons (Fsp3) is 0.818. The maximum absolute atomic E-state index is 11.0. The summed E-state index contributed by atoms with van der Waals surface area (Å²) in [7, 11) is 7.29. The molecule has 0 N–H and O–H groups in total. The Labute approximate surface area is 103 Å². The summed E-state index contributed by atoms with van der Waals surface area (Å²) in [6.45, 7) is 3.55. The van der Waals surface area contributed by atoms with E-state index in [9.17, 15) is 9.59 Å². The normalized spacial score (nSPS) is 20.7. The summed E-state index contributed by atoms with van der Waals surface area (Å²) < 4.78 is 0. The highest BCUT2D eigenvalue weighted by Gasteiger charge is 2.20. The van der Waals surface area contributed by atoms with Crippen LogP contribution < -0.4 is 0 Å². The number of amides is 4. The van der Waals surface area contributed by atoms with Crippen molar-refractivity contribution < 1.29 is 9.59 Å². The van der Waals surface area contributed by atoms with Gasteiger partial charge in [-0.2, -0.15) is 0 Å². The van der Waals surface area contributed by atoms with Crippen molar-refractivity contribution >= 4 is 12.1 Å². The van der Waals surface area contributed by atoms with Crippen LogP contribution in [0.15, 0.2) is 0 Å². The molecule has 0 bridgehead atoms. The first-order valence-electron chi connectivity index (χ1n) is 5.86. The van der Waals surface area contributed by atoms with Gasteiger partial charge in [0.15, 0.2) is 0 Å². The number of rotatable bonds is 0. The zero-order chi connectivity index (χ0) is 13.0. The summed E-state index contributed by atoms with van der Waals surface area (Å²) in [6.07, 6.45) is 1.10. The molecule has 6 nitrogen and oxygen atoms in total. The van der Waals surface area contributed by atoms with Gasteiger partial charge in [0, 0.05) is 54.4 Å². The van der Waals surface area contributed by atoms with Crippen molar-refractivity contribution in [3.05, 3.63) is 0 Å². The van der Waals surface area contributed by atoms with E-state index in [1.54, 1.807) is 19.6 Å². The SMILES string of the molecule is CN1CCCN(C)C1=O.CN1CCN(C)C1=O. The summed E-state index contributed by atoms with van der Waals surface area (Å²) in [5.41, 5.74) is 0. The molecule has 0 atom stereocenters. The number of carbonyl (C=O) groups is 2. The van der Waals surface area contributed by atoms with E-state index in [0.29, 0.717) is 0 Å². The van der Waals surface area contributed by atoms with Crippen LogP contribution in [0.5, 0.6) is 0 Å². The second-order valence-corrected chi connectivity index (χ2v) is 4.60. The number of urea groups is 2. The topological polar surface area (TPSA) is 47.1 Å². The van der Waals surface area contributed by atoms with E-state index in [-0.39, 0.29) is 12.1 Å². The van der Waals surface area contributed by atoms with Crippen molar-refractivity contribution in [3.63, 3.8) is 0 Å². The van der Waals surface area contributed by atoms with Crippen LogP contribution in [0.4, 0.5) is 9.59 Å². The van der Waals surface area contributed by atoms with Crippen molar-refractivity contribution in [1.29, 1.82) is 0 Å². The van der Waals surface area contributed by atoms with Crippen LogP contribution in [-0.2, 0) is 0 Å². The van der Waals surface area contributed by atoms with E-state index in [2.05, 4.69) is 0 Å². The van der Waals surface area contributed by atoms with E-state index in [4.69, 9.17) is 0 Å². The van der Waals surface area contributed by atoms with Gasteiger partial charge in [-0.15, -0.1) is 0 Å². The van der Waals surface area contributed by atoms with Gasteiger partial charge in [-0.3, -0.25) is 0 Å². The van der Waals surface area contributed by atoms with Crippen LogP contribution in [0.2, 0.25) is 0 Å². The maximum atomic E-state index is 11.0. The molecule has 0 spiro atoms. The second kappa shape index (κ2) is 5.75. The lowest BCUT2D eigenvalue weighted by atomic mass is 10.3. The smallest absolute Gasteiger partial charge is 0.319 e. The Balaban J connectivity index is 0.000000171. The summed E-state index contributed by atoms with van der Waals surface area (Å²) in [5.74, 6) is 0. The molecule has 2 heterocycles. The number of nitrogens with zero attached hydrogens (tertiary/aromatic N) is 4. The summed E-state index contributed by atoms with van der Waals surface area (Å²) >= 11 is 0. The molecule has 2 rings (SSSR count). The average molecular weight is 242 g/mol. The Kier molecular flexibility index (Phi) is 4.60. The standard InChI is InChI=1S/C6H12N2O.C5H10N2O/c1-7-4-3-5-8(2)6(7)9;1-6-3-4-7(2)5(6)8/h3-5H2,1-2H3;3-4H2,1-2H3. The molecule has 2 fully saturated rings. The molecule has 0 aromatic carbocycles. The molecule has 17 heavy (non-hydrogen) atoms. The minimum atomic E-state index is 0.130. The third-order valence-electron chi connectivity index (χ3n) is 3.06. The lowest BCUT2D eigenvalue weighted by Crippen LogP contribution is -2.44. The van der Waals surface area contributed by atoms with Gasteiger partial charge in [0.05, 0.1) is 0 Å². The van der Waals surface area contributed by atoms with Crippen LogP contribution in [0, 0.1) is 0 Å². The molecule has 0 aromatic rings. The zero-order valence-electron chi connectivity index (χ0n) is 11.1. The molecule has 2 aliphatic heterocycles. The third-order valence-corrected chi connectivity index (χ3v) is 3.06. The summed E-state index contributed by atoms with van der Waals surface area (Å²) in [5, 5.41) is 0. The highest BCUT2D eigenvalue weighted by molar-refractivity contribution is 5.75. The van der Waals surface area contributed by atoms with Gasteiger partial charge >= 0.3 is 12.1 Å². The van der Waals surface area contributed by atoms with Crippen LogP contribution in [0.3, 0.4) is 0 Å². The van der Waals surface area contributed by atoms with Crippen LogP contribution in [0.25, 0.3) is 0 Å². The minimum absolute atomic E-state index is 0.130. The van der Waals surface area contributed by atoms with Crippen molar-refractivity contribution in [3.8, 4) is 0 Å². The molecule has 2 aliphatic rings. The van der Waals surface area contributed by atoms with E-state index >= 15 is 0 Å². The fourth-order valence-corrected chi connectivity index (χ4v) is 1.81. The van der Waals surface area contributed by atoms with Crippen molar-refractivity contribution in [2.24, 2.45) is 0 Å². The van der Waals surface area contributed by atoms with Gasteiger partial charge < -0.3 is 19.6 Å². The number of hydrogen-bond donors (Lipinski definition) is 0. The highest BCUT2D eigenvalue weighted by Crippen LogP contribution is 2.02. The Morgan fingerprint density at radius 2 is 0.941 bits per heavy atom. The van der Waals surface area contributed by atoms with E-state index in [0.717, 1.165) is 32.6 Å².